The molecular weight excluding hydrogens is 516 g/mol. The summed E-state index contributed by atoms with van der Waals surface area (Å²) in [6.45, 7) is 4.63. The molecule has 0 aliphatic carbocycles. The van der Waals surface area contributed by atoms with E-state index in [1.807, 2.05) is 13.8 Å². The van der Waals surface area contributed by atoms with Gasteiger partial charge in [0.2, 0.25) is 5.91 Å². The summed E-state index contributed by atoms with van der Waals surface area (Å²) in [7, 11) is 2.91. The summed E-state index contributed by atoms with van der Waals surface area (Å²) in [5, 5.41) is 2.98. The molecule has 0 spiro atoms. The lowest BCUT2D eigenvalue weighted by Crippen LogP contribution is -2.43. The summed E-state index contributed by atoms with van der Waals surface area (Å²) in [5.41, 5.74) is 0.148. The summed E-state index contributed by atoms with van der Waals surface area (Å²) in [6.07, 6.45) is 1.53. The van der Waals surface area contributed by atoms with Crippen LogP contribution in [0.2, 0.25) is 0 Å². The summed E-state index contributed by atoms with van der Waals surface area (Å²) in [5.74, 6) is 0.744. The van der Waals surface area contributed by atoms with Crippen LogP contribution in [0.4, 0.5) is 0 Å². The molecular formula is C29H32N4O7. The Morgan fingerprint density at radius 2 is 1.62 bits per heavy atom. The Kier molecular flexibility index (Phi) is 8.73. The molecule has 0 atom stereocenters. The molecule has 11 heteroatoms. The van der Waals surface area contributed by atoms with Gasteiger partial charge in [0.1, 0.15) is 12.3 Å². The van der Waals surface area contributed by atoms with E-state index < -0.39 is 11.2 Å². The second kappa shape index (κ2) is 12.4. The van der Waals surface area contributed by atoms with Gasteiger partial charge in [0.15, 0.2) is 11.5 Å². The van der Waals surface area contributed by atoms with E-state index in [1.165, 1.54) is 37.2 Å². The monoisotopic (exact) mass is 548 g/mol. The SMILES string of the molecule is CCN(CC)C(=O)Cn1c(=O)n(Cc2ccc(C(=O)NCc3ccco3)cc2)c(=O)c2cc(OC)c(OC)cc21. The third-order valence-corrected chi connectivity index (χ3v) is 6.70. The predicted octanol–water partition coefficient (Wildman–Crippen LogP) is 2.62. The van der Waals surface area contributed by atoms with Crippen LogP contribution in [0.15, 0.2) is 68.8 Å². The average Bonchev–Trinajstić information content (AvgIpc) is 3.50. The van der Waals surface area contributed by atoms with Crippen molar-refractivity contribution >= 4 is 22.7 Å². The molecule has 0 fully saturated rings. The third-order valence-electron chi connectivity index (χ3n) is 6.70. The van der Waals surface area contributed by atoms with Crippen LogP contribution in [0, 0.1) is 0 Å². The molecule has 0 radical (unpaired) electrons. The molecule has 11 nitrogen and oxygen atoms in total. The number of ether oxygens (including phenoxy) is 2. The molecule has 2 aromatic carbocycles. The van der Waals surface area contributed by atoms with Crippen molar-refractivity contribution in [1.82, 2.24) is 19.4 Å². The number of carbonyl (C=O) groups is 2. The van der Waals surface area contributed by atoms with Crippen LogP contribution >= 0.6 is 0 Å². The van der Waals surface area contributed by atoms with Crippen LogP contribution < -0.4 is 26.0 Å². The number of rotatable bonds is 11. The van der Waals surface area contributed by atoms with Gasteiger partial charge in [-0.1, -0.05) is 12.1 Å². The Hall–Kier alpha value is -4.80. The highest BCUT2D eigenvalue weighted by molar-refractivity contribution is 5.94. The normalized spacial score (nSPS) is 10.9. The highest BCUT2D eigenvalue weighted by Gasteiger charge is 2.20. The second-order valence-corrected chi connectivity index (χ2v) is 9.01. The van der Waals surface area contributed by atoms with Crippen LogP contribution in [0.3, 0.4) is 0 Å². The molecule has 4 aromatic rings. The summed E-state index contributed by atoms with van der Waals surface area (Å²) < 4.78 is 18.4. The van der Waals surface area contributed by atoms with Crippen molar-refractivity contribution in [2.24, 2.45) is 0 Å². The van der Waals surface area contributed by atoms with Crippen molar-refractivity contribution in [2.45, 2.75) is 33.5 Å². The van der Waals surface area contributed by atoms with Crippen molar-refractivity contribution in [3.8, 4) is 11.5 Å². The van der Waals surface area contributed by atoms with Gasteiger partial charge in [-0.2, -0.15) is 0 Å². The maximum absolute atomic E-state index is 13.7. The number of benzene rings is 2. The van der Waals surface area contributed by atoms with E-state index in [2.05, 4.69) is 5.32 Å². The molecule has 1 N–H and O–H groups in total. The van der Waals surface area contributed by atoms with Gasteiger partial charge in [-0.3, -0.25) is 23.5 Å². The van der Waals surface area contributed by atoms with Gasteiger partial charge in [-0.15, -0.1) is 0 Å². The lowest BCUT2D eigenvalue weighted by atomic mass is 10.1. The van der Waals surface area contributed by atoms with Gasteiger partial charge in [0, 0.05) is 24.7 Å². The molecule has 2 amide bonds. The van der Waals surface area contributed by atoms with E-state index in [0.29, 0.717) is 41.5 Å². The topological polar surface area (TPSA) is 125 Å². The highest BCUT2D eigenvalue weighted by atomic mass is 16.5. The first-order valence-electron chi connectivity index (χ1n) is 12.9. The maximum Gasteiger partial charge on any atom is 0.332 e. The van der Waals surface area contributed by atoms with E-state index in [1.54, 1.807) is 41.3 Å². The number of methoxy groups -OCH3 is 2. The maximum atomic E-state index is 13.7. The quantitative estimate of drug-likeness (QED) is 0.305. The van der Waals surface area contributed by atoms with E-state index >= 15 is 0 Å². The van der Waals surface area contributed by atoms with E-state index in [9.17, 15) is 19.2 Å². The number of fused-ring (bicyclic) bond motifs is 1. The molecule has 40 heavy (non-hydrogen) atoms. The fraction of sp³-hybridized carbons (Fsp3) is 0.310. The van der Waals surface area contributed by atoms with Crippen LogP contribution in [0.25, 0.3) is 10.9 Å². The van der Waals surface area contributed by atoms with E-state index in [4.69, 9.17) is 13.9 Å². The number of furan rings is 1. The van der Waals surface area contributed by atoms with E-state index in [0.717, 1.165) is 4.57 Å². The number of hydrogen-bond donors (Lipinski definition) is 1. The Balaban J connectivity index is 1.71. The molecule has 2 aromatic heterocycles. The zero-order valence-corrected chi connectivity index (χ0v) is 22.9. The number of nitrogens with zero attached hydrogens (tertiary/aromatic N) is 3. The van der Waals surface area contributed by atoms with Gasteiger partial charge < -0.3 is 24.1 Å². The highest BCUT2D eigenvalue weighted by Crippen LogP contribution is 2.30. The van der Waals surface area contributed by atoms with Gasteiger partial charge >= 0.3 is 5.69 Å². The molecule has 2 heterocycles. The number of carbonyl (C=O) groups excluding carboxylic acids is 2. The number of amides is 2. The molecule has 0 bridgehead atoms. The van der Waals surface area contributed by atoms with Crippen molar-refractivity contribution in [1.29, 1.82) is 0 Å². The van der Waals surface area contributed by atoms with Crippen LogP contribution in [-0.4, -0.2) is 53.2 Å². The molecule has 4 rings (SSSR count). The molecule has 0 unspecified atom stereocenters. The van der Waals surface area contributed by atoms with E-state index in [-0.39, 0.29) is 42.4 Å². The molecule has 0 aliphatic rings. The fourth-order valence-electron chi connectivity index (χ4n) is 4.47. The molecule has 0 saturated heterocycles. The van der Waals surface area contributed by atoms with Crippen LogP contribution in [-0.2, 0) is 24.4 Å². The summed E-state index contributed by atoms with van der Waals surface area (Å²) in [4.78, 5) is 54.4. The first-order valence-corrected chi connectivity index (χ1v) is 12.9. The number of likely N-dealkylation sites (N-methyl/N-ethyl adjacent to an activating group) is 1. The second-order valence-electron chi connectivity index (χ2n) is 9.01. The lowest BCUT2D eigenvalue weighted by Gasteiger charge is -2.21. The summed E-state index contributed by atoms with van der Waals surface area (Å²) >= 11 is 0. The zero-order valence-electron chi connectivity index (χ0n) is 22.9. The predicted molar refractivity (Wildman–Crippen MR) is 149 cm³/mol. The Bertz CT molecular complexity index is 1620. The summed E-state index contributed by atoms with van der Waals surface area (Å²) in [6, 6.07) is 13.1. The minimum Gasteiger partial charge on any atom is -0.493 e. The largest absolute Gasteiger partial charge is 0.493 e. The lowest BCUT2D eigenvalue weighted by molar-refractivity contribution is -0.131. The number of nitrogens with one attached hydrogen (secondary N) is 1. The van der Waals surface area contributed by atoms with Gasteiger partial charge in [-0.05, 0) is 49.7 Å². The zero-order chi connectivity index (χ0) is 28.8. The number of aromatic nitrogens is 2. The standard InChI is InChI=1S/C29H32N4O7/c1-5-31(6-2)26(34)18-32-23-15-25(39-4)24(38-3)14-22(23)28(36)33(29(32)37)17-19-9-11-20(12-10-19)27(35)30-16-21-8-7-13-40-21/h7-15H,5-6,16-18H2,1-4H3,(H,30,35). The fourth-order valence-corrected chi connectivity index (χ4v) is 4.47. The minimum absolute atomic E-state index is 0.0598. The Morgan fingerprint density at radius 1 is 0.950 bits per heavy atom. The minimum atomic E-state index is -0.634. The number of hydrogen-bond acceptors (Lipinski definition) is 7. The van der Waals surface area contributed by atoms with Crippen molar-refractivity contribution in [2.75, 3.05) is 27.3 Å². The first kappa shape index (κ1) is 28.2. The van der Waals surface area contributed by atoms with Crippen LogP contribution in [0.5, 0.6) is 11.5 Å². The third kappa shape index (κ3) is 5.78. The molecule has 210 valence electrons. The van der Waals surface area contributed by atoms with Crippen molar-refractivity contribution < 1.29 is 23.5 Å². The van der Waals surface area contributed by atoms with Gasteiger partial charge in [0.05, 0.1) is 44.5 Å². The Morgan fingerprint density at radius 3 is 2.23 bits per heavy atom. The average molecular weight is 549 g/mol. The first-order chi connectivity index (χ1) is 19.3. The Labute approximate surface area is 230 Å². The smallest absolute Gasteiger partial charge is 0.332 e. The van der Waals surface area contributed by atoms with Gasteiger partial charge in [0.25, 0.3) is 11.5 Å². The van der Waals surface area contributed by atoms with Gasteiger partial charge in [-0.25, -0.2) is 4.79 Å². The van der Waals surface area contributed by atoms with Crippen molar-refractivity contribution in [3.63, 3.8) is 0 Å². The molecule has 0 aliphatic heterocycles. The van der Waals surface area contributed by atoms with Crippen molar-refractivity contribution in [3.05, 3.63) is 92.5 Å². The van der Waals surface area contributed by atoms with Crippen LogP contribution in [0.1, 0.15) is 35.5 Å². The molecule has 0 saturated carbocycles.